The minimum Gasteiger partial charge on any atom is -0.287 e. The van der Waals surface area contributed by atoms with Crippen LogP contribution in [-0.2, 0) is 18.1 Å². The van der Waals surface area contributed by atoms with E-state index in [-0.39, 0.29) is 12.2 Å². The van der Waals surface area contributed by atoms with E-state index in [0.717, 1.165) is 25.7 Å². The molecule has 0 aromatic carbocycles. The van der Waals surface area contributed by atoms with E-state index in [0.29, 0.717) is 18.4 Å². The summed E-state index contributed by atoms with van der Waals surface area (Å²) in [5.74, 6) is 1.07. The van der Waals surface area contributed by atoms with Gasteiger partial charge >= 0.3 is 7.82 Å². The molecular formula is C16H35O4P. The van der Waals surface area contributed by atoms with E-state index in [1.54, 1.807) is 6.92 Å². The third kappa shape index (κ3) is 9.67. The first-order valence-corrected chi connectivity index (χ1v) is 9.83. The lowest BCUT2D eigenvalue weighted by molar-refractivity contribution is 0.0512. The van der Waals surface area contributed by atoms with Crippen molar-refractivity contribution in [1.29, 1.82) is 0 Å². The fourth-order valence-corrected chi connectivity index (χ4v) is 3.78. The summed E-state index contributed by atoms with van der Waals surface area (Å²) in [5, 5.41) is 0. The number of hydrogen-bond donors (Lipinski definition) is 0. The summed E-state index contributed by atoms with van der Waals surface area (Å²) in [6.45, 7) is 14.6. The van der Waals surface area contributed by atoms with Crippen molar-refractivity contribution in [1.82, 2.24) is 0 Å². The van der Waals surface area contributed by atoms with Crippen LogP contribution < -0.4 is 0 Å². The molecule has 0 saturated heterocycles. The van der Waals surface area contributed by atoms with Crippen molar-refractivity contribution in [2.24, 2.45) is 11.8 Å². The standard InChI is InChI=1S/C16H35O4P/c1-8-13(4)11-15(6)19-21(17,18-10-3)20-16(7)12-14(5)9-2/h13-16H,8-12H2,1-7H3. The van der Waals surface area contributed by atoms with Gasteiger partial charge in [-0.2, -0.15) is 0 Å². The van der Waals surface area contributed by atoms with Gasteiger partial charge in [-0.1, -0.05) is 40.5 Å². The molecule has 0 aliphatic rings. The zero-order valence-electron chi connectivity index (χ0n) is 14.9. The summed E-state index contributed by atoms with van der Waals surface area (Å²) in [6, 6.07) is 0. The zero-order valence-corrected chi connectivity index (χ0v) is 15.8. The van der Waals surface area contributed by atoms with Crippen LogP contribution in [0.4, 0.5) is 0 Å². The summed E-state index contributed by atoms with van der Waals surface area (Å²) >= 11 is 0. The van der Waals surface area contributed by atoms with Gasteiger partial charge in [0.1, 0.15) is 0 Å². The van der Waals surface area contributed by atoms with Gasteiger partial charge in [0.05, 0.1) is 18.8 Å². The molecule has 0 rings (SSSR count). The molecule has 0 aromatic rings. The highest BCUT2D eigenvalue weighted by atomic mass is 31.2. The van der Waals surface area contributed by atoms with Crippen molar-refractivity contribution in [3.63, 3.8) is 0 Å². The average molecular weight is 322 g/mol. The van der Waals surface area contributed by atoms with E-state index in [2.05, 4.69) is 27.7 Å². The Morgan fingerprint density at radius 3 is 1.48 bits per heavy atom. The molecule has 4 unspecified atom stereocenters. The van der Waals surface area contributed by atoms with Crippen LogP contribution in [0.3, 0.4) is 0 Å². The van der Waals surface area contributed by atoms with Gasteiger partial charge in [-0.05, 0) is 45.4 Å². The second-order valence-electron chi connectivity index (χ2n) is 6.20. The number of rotatable bonds is 12. The lowest BCUT2D eigenvalue weighted by atomic mass is 10.0. The molecule has 0 bridgehead atoms. The van der Waals surface area contributed by atoms with Gasteiger partial charge < -0.3 is 0 Å². The summed E-state index contributed by atoms with van der Waals surface area (Å²) in [4.78, 5) is 0. The van der Waals surface area contributed by atoms with Gasteiger partial charge in [-0.25, -0.2) is 4.57 Å². The number of hydrogen-bond acceptors (Lipinski definition) is 4. The second kappa shape index (κ2) is 10.8. The van der Waals surface area contributed by atoms with Gasteiger partial charge in [0, 0.05) is 0 Å². The first-order chi connectivity index (χ1) is 9.76. The average Bonchev–Trinajstić information content (AvgIpc) is 2.37. The van der Waals surface area contributed by atoms with E-state index in [4.69, 9.17) is 13.6 Å². The molecule has 0 fully saturated rings. The van der Waals surface area contributed by atoms with Crippen molar-refractivity contribution >= 4 is 7.82 Å². The predicted octanol–water partition coefficient (Wildman–Crippen LogP) is 5.81. The lowest BCUT2D eigenvalue weighted by Gasteiger charge is -2.26. The van der Waals surface area contributed by atoms with E-state index in [1.807, 2.05) is 13.8 Å². The Morgan fingerprint density at radius 2 is 1.19 bits per heavy atom. The molecule has 0 aliphatic heterocycles. The molecule has 0 aromatic heterocycles. The summed E-state index contributed by atoms with van der Waals surface area (Å²) in [6.07, 6.45) is 3.62. The van der Waals surface area contributed by atoms with Crippen molar-refractivity contribution in [2.45, 2.75) is 86.4 Å². The largest absolute Gasteiger partial charge is 0.475 e. The van der Waals surface area contributed by atoms with Crippen molar-refractivity contribution < 1.29 is 18.1 Å². The molecular weight excluding hydrogens is 287 g/mol. The van der Waals surface area contributed by atoms with Gasteiger partial charge in [0.15, 0.2) is 0 Å². The Labute approximate surface area is 131 Å². The Morgan fingerprint density at radius 1 is 0.810 bits per heavy atom. The zero-order chi connectivity index (χ0) is 16.5. The lowest BCUT2D eigenvalue weighted by Crippen LogP contribution is -2.17. The van der Waals surface area contributed by atoms with Crippen LogP contribution in [-0.4, -0.2) is 18.8 Å². The first kappa shape index (κ1) is 21.1. The molecule has 0 N–H and O–H groups in total. The molecule has 21 heavy (non-hydrogen) atoms. The fraction of sp³-hybridized carbons (Fsp3) is 1.00. The minimum absolute atomic E-state index is 0.131. The molecule has 0 spiro atoms. The van der Waals surface area contributed by atoms with E-state index < -0.39 is 7.82 Å². The Hall–Kier alpha value is 0.110. The van der Waals surface area contributed by atoms with Crippen molar-refractivity contribution in [3.8, 4) is 0 Å². The molecule has 0 amide bonds. The SMILES string of the molecule is CCOP(=O)(OC(C)CC(C)CC)OC(C)CC(C)CC. The Kier molecular flexibility index (Phi) is 10.8. The highest BCUT2D eigenvalue weighted by Gasteiger charge is 2.31. The third-order valence-electron chi connectivity index (χ3n) is 3.77. The van der Waals surface area contributed by atoms with Crippen LogP contribution in [0.15, 0.2) is 0 Å². The minimum atomic E-state index is -3.47. The van der Waals surface area contributed by atoms with Gasteiger partial charge in [-0.15, -0.1) is 0 Å². The molecule has 0 radical (unpaired) electrons. The monoisotopic (exact) mass is 322 g/mol. The van der Waals surface area contributed by atoms with E-state index in [1.165, 1.54) is 0 Å². The maximum absolute atomic E-state index is 12.7. The molecule has 0 saturated carbocycles. The number of phosphoric ester groups is 1. The maximum atomic E-state index is 12.7. The van der Waals surface area contributed by atoms with Gasteiger partial charge in [0.2, 0.25) is 0 Å². The molecule has 5 heteroatoms. The number of phosphoric acid groups is 1. The van der Waals surface area contributed by atoms with Crippen LogP contribution in [0.1, 0.15) is 74.1 Å². The molecule has 4 atom stereocenters. The molecule has 0 heterocycles. The van der Waals surface area contributed by atoms with Crippen LogP contribution in [0.25, 0.3) is 0 Å². The normalized spacial score (nSPS) is 20.5. The van der Waals surface area contributed by atoms with Crippen LogP contribution in [0.5, 0.6) is 0 Å². The van der Waals surface area contributed by atoms with Crippen molar-refractivity contribution in [2.75, 3.05) is 6.61 Å². The fourth-order valence-electron chi connectivity index (χ4n) is 2.24. The summed E-state index contributed by atoms with van der Waals surface area (Å²) in [5.41, 5.74) is 0. The molecule has 0 aliphatic carbocycles. The predicted molar refractivity (Wildman–Crippen MR) is 88.5 cm³/mol. The smallest absolute Gasteiger partial charge is 0.287 e. The summed E-state index contributed by atoms with van der Waals surface area (Å²) in [7, 11) is -3.47. The third-order valence-corrected chi connectivity index (χ3v) is 5.58. The molecule has 4 nitrogen and oxygen atoms in total. The van der Waals surface area contributed by atoms with Crippen LogP contribution in [0, 0.1) is 11.8 Å². The Balaban J connectivity index is 4.56. The van der Waals surface area contributed by atoms with Crippen molar-refractivity contribution in [3.05, 3.63) is 0 Å². The highest BCUT2D eigenvalue weighted by molar-refractivity contribution is 7.48. The van der Waals surface area contributed by atoms with Crippen LogP contribution >= 0.6 is 7.82 Å². The van der Waals surface area contributed by atoms with E-state index >= 15 is 0 Å². The van der Waals surface area contributed by atoms with E-state index in [9.17, 15) is 4.57 Å². The second-order valence-corrected chi connectivity index (χ2v) is 7.77. The molecule has 128 valence electrons. The quantitative estimate of drug-likeness (QED) is 0.425. The topological polar surface area (TPSA) is 44.8 Å². The first-order valence-electron chi connectivity index (χ1n) is 8.37. The van der Waals surface area contributed by atoms with Gasteiger partial charge in [-0.3, -0.25) is 13.6 Å². The maximum Gasteiger partial charge on any atom is 0.475 e. The van der Waals surface area contributed by atoms with Crippen LogP contribution in [0.2, 0.25) is 0 Å². The summed E-state index contributed by atoms with van der Waals surface area (Å²) < 4.78 is 29.3. The Bertz CT molecular complexity index is 285. The van der Waals surface area contributed by atoms with Gasteiger partial charge in [0.25, 0.3) is 0 Å². The highest BCUT2D eigenvalue weighted by Crippen LogP contribution is 2.52.